The van der Waals surface area contributed by atoms with E-state index in [-0.39, 0.29) is 25.0 Å². The van der Waals surface area contributed by atoms with Crippen molar-refractivity contribution in [1.29, 1.82) is 0 Å². The maximum Gasteiger partial charge on any atom is 0.341 e. The van der Waals surface area contributed by atoms with Gasteiger partial charge in [-0.05, 0) is 19.1 Å². The Balaban J connectivity index is 1.62. The van der Waals surface area contributed by atoms with Crippen LogP contribution in [0.25, 0.3) is 0 Å². The van der Waals surface area contributed by atoms with Gasteiger partial charge in [-0.3, -0.25) is 19.2 Å². The zero-order chi connectivity index (χ0) is 16.6. The molecule has 0 aliphatic carbocycles. The molecule has 3 rings (SSSR count). The van der Waals surface area contributed by atoms with E-state index in [1.165, 1.54) is 6.20 Å². The lowest BCUT2D eigenvalue weighted by molar-refractivity contribution is 0.0419. The number of amides is 2. The summed E-state index contributed by atoms with van der Waals surface area (Å²) in [5.74, 6) is -1.24. The summed E-state index contributed by atoms with van der Waals surface area (Å²) >= 11 is 0. The van der Waals surface area contributed by atoms with E-state index in [9.17, 15) is 14.4 Å². The molecule has 0 fully saturated rings. The molecule has 2 aromatic rings. The fraction of sp³-hybridized carbons (Fsp3) is 0.250. The predicted octanol–water partition coefficient (Wildman–Crippen LogP) is 1.18. The van der Waals surface area contributed by atoms with Gasteiger partial charge in [0, 0.05) is 12.7 Å². The molecule has 1 aromatic carbocycles. The van der Waals surface area contributed by atoms with Crippen LogP contribution in [0.3, 0.4) is 0 Å². The van der Waals surface area contributed by atoms with Crippen molar-refractivity contribution in [3.63, 3.8) is 0 Å². The second kappa shape index (κ2) is 5.68. The third kappa shape index (κ3) is 2.50. The number of nitrogens with zero attached hydrogens (tertiary/aromatic N) is 3. The molecule has 0 N–H and O–H groups in total. The van der Waals surface area contributed by atoms with Gasteiger partial charge in [0.15, 0.2) is 0 Å². The van der Waals surface area contributed by atoms with Crippen LogP contribution in [0.4, 0.5) is 0 Å². The van der Waals surface area contributed by atoms with Crippen LogP contribution in [0.1, 0.15) is 36.8 Å². The number of aryl methyl sites for hydroxylation is 1. The Morgan fingerprint density at radius 1 is 1.17 bits per heavy atom. The van der Waals surface area contributed by atoms with Gasteiger partial charge in [0.2, 0.25) is 0 Å². The molecule has 7 heteroatoms. The first-order chi connectivity index (χ1) is 11.0. The number of carbonyl (C=O) groups is 3. The number of fused-ring (bicyclic) bond motifs is 1. The molecule has 2 heterocycles. The third-order valence-electron chi connectivity index (χ3n) is 3.88. The number of esters is 1. The molecule has 0 unspecified atom stereocenters. The Kier molecular flexibility index (Phi) is 3.69. The zero-order valence-corrected chi connectivity index (χ0v) is 12.8. The van der Waals surface area contributed by atoms with Gasteiger partial charge in [-0.15, -0.1) is 0 Å². The van der Waals surface area contributed by atoms with Crippen molar-refractivity contribution in [3.8, 4) is 0 Å². The van der Waals surface area contributed by atoms with Gasteiger partial charge in [0.05, 0.1) is 23.9 Å². The molecule has 1 aliphatic rings. The number of hydrogen-bond donors (Lipinski definition) is 0. The Bertz CT molecular complexity index is 774. The van der Waals surface area contributed by atoms with Crippen LogP contribution < -0.4 is 0 Å². The van der Waals surface area contributed by atoms with E-state index in [0.29, 0.717) is 22.4 Å². The van der Waals surface area contributed by atoms with Crippen LogP contribution in [0, 0.1) is 6.92 Å². The Hall–Kier alpha value is -2.96. The van der Waals surface area contributed by atoms with E-state index in [1.54, 1.807) is 42.9 Å². The van der Waals surface area contributed by atoms with Crippen molar-refractivity contribution in [1.82, 2.24) is 14.7 Å². The van der Waals surface area contributed by atoms with Crippen molar-refractivity contribution in [2.75, 3.05) is 13.2 Å². The number of imide groups is 1. The highest BCUT2D eigenvalue weighted by molar-refractivity contribution is 6.21. The van der Waals surface area contributed by atoms with E-state index in [2.05, 4.69) is 5.10 Å². The molecule has 0 saturated heterocycles. The summed E-state index contributed by atoms with van der Waals surface area (Å²) in [6.07, 6.45) is 1.43. The lowest BCUT2D eigenvalue weighted by Crippen LogP contribution is -2.33. The van der Waals surface area contributed by atoms with Gasteiger partial charge >= 0.3 is 5.97 Å². The number of ether oxygens (including phenoxy) is 1. The number of hydrogen-bond acceptors (Lipinski definition) is 5. The van der Waals surface area contributed by atoms with Crippen LogP contribution in [0.5, 0.6) is 0 Å². The minimum atomic E-state index is -0.521. The number of aromatic nitrogens is 2. The summed E-state index contributed by atoms with van der Waals surface area (Å²) in [7, 11) is 1.73. The average Bonchev–Trinajstić information content (AvgIpc) is 3.00. The van der Waals surface area contributed by atoms with E-state index >= 15 is 0 Å². The Morgan fingerprint density at radius 2 is 1.78 bits per heavy atom. The second-order valence-corrected chi connectivity index (χ2v) is 5.21. The molecule has 0 bridgehead atoms. The standard InChI is InChI=1S/C16H15N3O4/c1-10-13(9-17-18(10)2)16(22)23-8-7-19-14(20)11-5-3-4-6-12(11)15(19)21/h3-6,9H,7-8H2,1-2H3. The maximum atomic E-state index is 12.2. The Morgan fingerprint density at radius 3 is 2.30 bits per heavy atom. The highest BCUT2D eigenvalue weighted by Crippen LogP contribution is 2.22. The lowest BCUT2D eigenvalue weighted by Gasteiger charge is -2.13. The van der Waals surface area contributed by atoms with Crippen LogP contribution >= 0.6 is 0 Å². The van der Waals surface area contributed by atoms with E-state index in [0.717, 1.165) is 4.90 Å². The van der Waals surface area contributed by atoms with Crippen molar-refractivity contribution in [3.05, 3.63) is 52.8 Å². The van der Waals surface area contributed by atoms with Crippen LogP contribution in [0.2, 0.25) is 0 Å². The van der Waals surface area contributed by atoms with Gasteiger partial charge in [0.25, 0.3) is 11.8 Å². The summed E-state index contributed by atoms with van der Waals surface area (Å²) in [4.78, 5) is 37.4. The van der Waals surface area contributed by atoms with E-state index in [4.69, 9.17) is 4.74 Å². The highest BCUT2D eigenvalue weighted by atomic mass is 16.5. The number of carbonyl (C=O) groups excluding carboxylic acids is 3. The average molecular weight is 313 g/mol. The molecule has 2 amide bonds. The lowest BCUT2D eigenvalue weighted by atomic mass is 10.1. The molecule has 1 aliphatic heterocycles. The molecule has 0 radical (unpaired) electrons. The third-order valence-corrected chi connectivity index (χ3v) is 3.88. The van der Waals surface area contributed by atoms with Crippen molar-refractivity contribution in [2.45, 2.75) is 6.92 Å². The number of benzene rings is 1. The monoisotopic (exact) mass is 313 g/mol. The normalized spacial score (nSPS) is 13.4. The van der Waals surface area contributed by atoms with Crippen molar-refractivity contribution >= 4 is 17.8 Å². The fourth-order valence-corrected chi connectivity index (χ4v) is 2.45. The molecule has 0 spiro atoms. The molecule has 0 saturated carbocycles. The molecule has 1 aromatic heterocycles. The highest BCUT2D eigenvalue weighted by Gasteiger charge is 2.34. The first kappa shape index (κ1) is 15.0. The smallest absolute Gasteiger partial charge is 0.341 e. The quantitative estimate of drug-likeness (QED) is 0.625. The molecule has 0 atom stereocenters. The largest absolute Gasteiger partial charge is 0.460 e. The molecule has 23 heavy (non-hydrogen) atoms. The summed E-state index contributed by atoms with van der Waals surface area (Å²) in [6, 6.07) is 6.64. The fourth-order valence-electron chi connectivity index (χ4n) is 2.45. The van der Waals surface area contributed by atoms with Crippen LogP contribution in [-0.4, -0.2) is 45.6 Å². The minimum Gasteiger partial charge on any atom is -0.460 e. The van der Waals surface area contributed by atoms with Crippen molar-refractivity contribution < 1.29 is 19.1 Å². The van der Waals surface area contributed by atoms with E-state index in [1.807, 2.05) is 0 Å². The molecule has 7 nitrogen and oxygen atoms in total. The number of rotatable bonds is 4. The predicted molar refractivity (Wildman–Crippen MR) is 80.0 cm³/mol. The molecule has 118 valence electrons. The maximum absolute atomic E-state index is 12.2. The van der Waals surface area contributed by atoms with Gasteiger partial charge in [-0.25, -0.2) is 4.79 Å². The first-order valence-corrected chi connectivity index (χ1v) is 7.11. The second-order valence-electron chi connectivity index (χ2n) is 5.21. The van der Waals surface area contributed by atoms with Gasteiger partial charge in [-0.1, -0.05) is 12.1 Å². The van der Waals surface area contributed by atoms with E-state index < -0.39 is 5.97 Å². The molecular weight excluding hydrogens is 298 g/mol. The molecular formula is C16H15N3O4. The SMILES string of the molecule is Cc1c(C(=O)OCCN2C(=O)c3ccccc3C2=O)cnn1C. The summed E-state index contributed by atoms with van der Waals surface area (Å²) in [5, 5.41) is 3.97. The topological polar surface area (TPSA) is 81.5 Å². The van der Waals surface area contributed by atoms with Gasteiger partial charge in [-0.2, -0.15) is 5.10 Å². The summed E-state index contributed by atoms with van der Waals surface area (Å²) < 4.78 is 6.71. The van der Waals surface area contributed by atoms with Gasteiger partial charge < -0.3 is 4.74 Å². The summed E-state index contributed by atoms with van der Waals surface area (Å²) in [6.45, 7) is 1.73. The first-order valence-electron chi connectivity index (χ1n) is 7.11. The van der Waals surface area contributed by atoms with Crippen molar-refractivity contribution in [2.24, 2.45) is 7.05 Å². The minimum absolute atomic E-state index is 0.0252. The zero-order valence-electron chi connectivity index (χ0n) is 12.8. The summed E-state index contributed by atoms with van der Waals surface area (Å²) in [5.41, 5.74) is 1.82. The van der Waals surface area contributed by atoms with Crippen LogP contribution in [-0.2, 0) is 11.8 Å². The van der Waals surface area contributed by atoms with Gasteiger partial charge in [0.1, 0.15) is 12.2 Å². The Labute approximate surface area is 132 Å². The van der Waals surface area contributed by atoms with Crippen LogP contribution in [0.15, 0.2) is 30.5 Å².